The number of halogens is 2. The van der Waals surface area contributed by atoms with Crippen LogP contribution < -0.4 is 5.73 Å². The van der Waals surface area contributed by atoms with E-state index in [1.165, 1.54) is 12.1 Å². The number of rotatable bonds is 1. The summed E-state index contributed by atoms with van der Waals surface area (Å²) < 4.78 is 13.2. The number of carboxylic acid groups (broad SMARTS) is 1. The van der Waals surface area contributed by atoms with Gasteiger partial charge in [-0.2, -0.15) is 0 Å². The molecule has 1 aliphatic carbocycles. The summed E-state index contributed by atoms with van der Waals surface area (Å²) in [6.45, 7) is 0. The molecule has 1 aromatic carbocycles. The highest BCUT2D eigenvalue weighted by molar-refractivity contribution is 5.85. The van der Waals surface area contributed by atoms with Gasteiger partial charge < -0.3 is 10.8 Å². The molecule has 82 valence electrons. The van der Waals surface area contributed by atoms with Crippen molar-refractivity contribution in [3.63, 3.8) is 0 Å². The molecule has 1 aliphatic rings. The summed E-state index contributed by atoms with van der Waals surface area (Å²) in [4.78, 5) is 10.9. The smallest absolute Gasteiger partial charge is 0.328 e. The predicted molar refractivity (Wildman–Crippen MR) is 55.5 cm³/mol. The Balaban J connectivity index is 0.00000112. The number of hydrogen-bond acceptors (Lipinski definition) is 2. The number of fused-ring (bicyclic) bond motifs is 1. The number of aliphatic carboxylic acids is 1. The molecule has 5 heteroatoms. The molecular formula is C10H11ClFNO2. The summed E-state index contributed by atoms with van der Waals surface area (Å²) in [7, 11) is 0. The first-order valence-corrected chi connectivity index (χ1v) is 4.36. The molecule has 15 heavy (non-hydrogen) atoms. The van der Waals surface area contributed by atoms with E-state index in [2.05, 4.69) is 0 Å². The molecule has 0 heterocycles. The third-order valence-corrected chi connectivity index (χ3v) is 2.75. The molecule has 1 aromatic rings. The second kappa shape index (κ2) is 3.79. The minimum Gasteiger partial charge on any atom is -0.480 e. The van der Waals surface area contributed by atoms with Crippen molar-refractivity contribution in [2.75, 3.05) is 0 Å². The van der Waals surface area contributed by atoms with E-state index in [0.29, 0.717) is 17.5 Å². The largest absolute Gasteiger partial charge is 0.480 e. The Morgan fingerprint density at radius 1 is 1.53 bits per heavy atom. The van der Waals surface area contributed by atoms with Gasteiger partial charge in [-0.1, -0.05) is 12.1 Å². The lowest BCUT2D eigenvalue weighted by atomic mass is 9.93. The lowest BCUT2D eigenvalue weighted by Crippen LogP contribution is -2.42. The average Bonchev–Trinajstić information content (AvgIpc) is 2.47. The van der Waals surface area contributed by atoms with Crippen LogP contribution in [0.15, 0.2) is 18.2 Å². The third-order valence-electron chi connectivity index (χ3n) is 2.75. The third kappa shape index (κ3) is 1.60. The van der Waals surface area contributed by atoms with Crippen LogP contribution in [0.25, 0.3) is 0 Å². The molecule has 0 amide bonds. The quantitative estimate of drug-likeness (QED) is 0.769. The summed E-state index contributed by atoms with van der Waals surface area (Å²) in [5.74, 6) is -1.46. The molecule has 2 rings (SSSR count). The molecule has 0 radical (unpaired) electrons. The molecule has 3 N–H and O–H groups in total. The maximum Gasteiger partial charge on any atom is 0.328 e. The normalized spacial score (nSPS) is 23.1. The van der Waals surface area contributed by atoms with E-state index in [1.807, 2.05) is 0 Å². The fourth-order valence-electron chi connectivity index (χ4n) is 1.91. The van der Waals surface area contributed by atoms with Crippen molar-refractivity contribution in [2.24, 2.45) is 5.73 Å². The van der Waals surface area contributed by atoms with Gasteiger partial charge in [0.25, 0.3) is 0 Å². The van der Waals surface area contributed by atoms with E-state index in [-0.39, 0.29) is 24.6 Å². The first kappa shape index (κ1) is 11.9. The molecule has 1 unspecified atom stereocenters. The highest BCUT2D eigenvalue weighted by Crippen LogP contribution is 2.36. The first-order chi connectivity index (χ1) is 6.55. The van der Waals surface area contributed by atoms with Crippen molar-refractivity contribution in [3.8, 4) is 0 Å². The Bertz CT molecular complexity index is 410. The molecule has 0 saturated heterocycles. The van der Waals surface area contributed by atoms with E-state index >= 15 is 0 Å². The lowest BCUT2D eigenvalue weighted by Gasteiger charge is -2.19. The molecule has 1 atom stereocenters. The van der Waals surface area contributed by atoms with Crippen molar-refractivity contribution >= 4 is 18.4 Å². The monoisotopic (exact) mass is 231 g/mol. The molecule has 0 aliphatic heterocycles. The summed E-state index contributed by atoms with van der Waals surface area (Å²) >= 11 is 0. The van der Waals surface area contributed by atoms with Crippen molar-refractivity contribution in [1.29, 1.82) is 0 Å². The summed E-state index contributed by atoms with van der Waals surface area (Å²) in [5, 5.41) is 8.96. The zero-order valence-electron chi connectivity index (χ0n) is 7.87. The van der Waals surface area contributed by atoms with Gasteiger partial charge in [-0.3, -0.25) is 0 Å². The van der Waals surface area contributed by atoms with Gasteiger partial charge >= 0.3 is 5.97 Å². The Hall–Kier alpha value is -1.13. The highest BCUT2D eigenvalue weighted by Gasteiger charge is 2.42. The maximum atomic E-state index is 13.2. The zero-order valence-corrected chi connectivity index (χ0v) is 8.68. The predicted octanol–water partition coefficient (Wildman–Crippen LogP) is 1.43. The van der Waals surface area contributed by atoms with Crippen LogP contribution in [0.5, 0.6) is 0 Å². The Kier molecular flexibility index (Phi) is 3.02. The van der Waals surface area contributed by atoms with Crippen LogP contribution >= 0.6 is 12.4 Å². The van der Waals surface area contributed by atoms with Gasteiger partial charge in [-0.05, 0) is 30.0 Å². The highest BCUT2D eigenvalue weighted by atomic mass is 35.5. The number of carboxylic acids is 1. The Morgan fingerprint density at radius 3 is 2.80 bits per heavy atom. The zero-order chi connectivity index (χ0) is 10.3. The van der Waals surface area contributed by atoms with Gasteiger partial charge in [0.2, 0.25) is 0 Å². The number of carbonyl (C=O) groups is 1. The summed E-state index contributed by atoms with van der Waals surface area (Å²) in [6, 6.07) is 4.40. The van der Waals surface area contributed by atoms with Gasteiger partial charge in [-0.25, -0.2) is 9.18 Å². The van der Waals surface area contributed by atoms with Gasteiger partial charge in [0.15, 0.2) is 0 Å². The van der Waals surface area contributed by atoms with E-state index in [0.717, 1.165) is 0 Å². The average molecular weight is 232 g/mol. The molecular weight excluding hydrogens is 221 g/mol. The van der Waals surface area contributed by atoms with Crippen molar-refractivity contribution in [3.05, 3.63) is 35.1 Å². The summed E-state index contributed by atoms with van der Waals surface area (Å²) in [6.07, 6.45) is 0.656. The fourth-order valence-corrected chi connectivity index (χ4v) is 1.91. The SMILES string of the molecule is Cl.NC1(C(=O)O)CCc2c(F)cccc21. The van der Waals surface area contributed by atoms with Gasteiger partial charge in [0.1, 0.15) is 11.4 Å². The number of benzene rings is 1. The number of nitrogens with two attached hydrogens (primary N) is 1. The van der Waals surface area contributed by atoms with E-state index in [9.17, 15) is 9.18 Å². The van der Waals surface area contributed by atoms with Crippen molar-refractivity contribution in [2.45, 2.75) is 18.4 Å². The van der Waals surface area contributed by atoms with Crippen LogP contribution in [0.4, 0.5) is 4.39 Å². The number of hydrogen-bond donors (Lipinski definition) is 2. The standard InChI is InChI=1S/C10H10FNO2.ClH/c11-8-3-1-2-7-6(8)4-5-10(7,12)9(13)14;/h1-3H,4-5,12H2,(H,13,14);1H. The van der Waals surface area contributed by atoms with E-state index < -0.39 is 11.5 Å². The topological polar surface area (TPSA) is 63.3 Å². The van der Waals surface area contributed by atoms with Crippen LogP contribution in [-0.4, -0.2) is 11.1 Å². The minimum atomic E-state index is -1.41. The van der Waals surface area contributed by atoms with Gasteiger partial charge in [0.05, 0.1) is 0 Å². The van der Waals surface area contributed by atoms with Crippen LogP contribution in [-0.2, 0) is 16.8 Å². The van der Waals surface area contributed by atoms with Gasteiger partial charge in [-0.15, -0.1) is 12.4 Å². The molecule has 0 spiro atoms. The second-order valence-corrected chi connectivity index (χ2v) is 3.54. The van der Waals surface area contributed by atoms with E-state index in [1.54, 1.807) is 6.07 Å². The first-order valence-electron chi connectivity index (χ1n) is 4.36. The van der Waals surface area contributed by atoms with Crippen LogP contribution in [0.2, 0.25) is 0 Å². The Labute approximate surface area is 92.5 Å². The fraction of sp³-hybridized carbons (Fsp3) is 0.300. The molecule has 3 nitrogen and oxygen atoms in total. The van der Waals surface area contributed by atoms with Gasteiger partial charge in [0, 0.05) is 0 Å². The van der Waals surface area contributed by atoms with Crippen molar-refractivity contribution < 1.29 is 14.3 Å². The second-order valence-electron chi connectivity index (χ2n) is 3.54. The van der Waals surface area contributed by atoms with Crippen LogP contribution in [0.1, 0.15) is 17.5 Å². The van der Waals surface area contributed by atoms with E-state index in [4.69, 9.17) is 10.8 Å². The van der Waals surface area contributed by atoms with Crippen LogP contribution in [0.3, 0.4) is 0 Å². The molecule has 0 aromatic heterocycles. The lowest BCUT2D eigenvalue weighted by molar-refractivity contribution is -0.143. The van der Waals surface area contributed by atoms with Crippen molar-refractivity contribution in [1.82, 2.24) is 0 Å². The summed E-state index contributed by atoms with van der Waals surface area (Å²) in [5.41, 5.74) is 5.16. The maximum absolute atomic E-state index is 13.2. The Morgan fingerprint density at radius 2 is 2.20 bits per heavy atom. The molecule has 0 bridgehead atoms. The molecule has 0 saturated carbocycles. The van der Waals surface area contributed by atoms with Crippen LogP contribution in [0, 0.1) is 5.82 Å². The minimum absolute atomic E-state index is 0. The molecule has 0 fully saturated rings.